The lowest BCUT2D eigenvalue weighted by atomic mass is 9.94. The van der Waals surface area contributed by atoms with E-state index in [-0.39, 0.29) is 11.3 Å². The van der Waals surface area contributed by atoms with Crippen LogP contribution in [-0.2, 0) is 9.59 Å². The first kappa shape index (κ1) is 27.4. The molecule has 0 unspecified atom stereocenters. The zero-order valence-electron chi connectivity index (χ0n) is 23.6. The number of nitrogens with zero attached hydrogens (tertiary/aromatic N) is 2. The van der Waals surface area contributed by atoms with Crippen LogP contribution in [0.3, 0.4) is 0 Å². The molecule has 1 N–H and O–H groups in total. The van der Waals surface area contributed by atoms with Crippen LogP contribution < -0.4 is 28.6 Å². The number of fused-ring (bicyclic) bond motifs is 2. The van der Waals surface area contributed by atoms with E-state index in [1.54, 1.807) is 30.3 Å². The lowest BCUT2D eigenvalue weighted by Gasteiger charge is -2.25. The number of aromatic nitrogens is 1. The number of thiazole rings is 1. The highest BCUT2D eigenvalue weighted by Gasteiger charge is 2.49. The molecule has 0 aliphatic carbocycles. The maximum atomic E-state index is 13.8. The van der Waals surface area contributed by atoms with Gasteiger partial charge >= 0.3 is 5.91 Å². The van der Waals surface area contributed by atoms with Crippen molar-refractivity contribution < 1.29 is 38.4 Å². The van der Waals surface area contributed by atoms with Crippen LogP contribution in [0.15, 0.2) is 48.0 Å². The molecule has 216 valence electrons. The molecule has 3 aromatic carbocycles. The molecule has 10 nitrogen and oxygen atoms in total. The van der Waals surface area contributed by atoms with Crippen LogP contribution in [0.25, 0.3) is 16.0 Å². The Hall–Kier alpha value is -4.77. The minimum atomic E-state index is -1.06. The number of methoxy groups -OCH3 is 3. The second-order valence-electron chi connectivity index (χ2n) is 9.91. The van der Waals surface area contributed by atoms with Crippen LogP contribution in [0, 0.1) is 13.8 Å². The second-order valence-corrected chi connectivity index (χ2v) is 10.9. The Morgan fingerprint density at radius 2 is 1.64 bits per heavy atom. The third-order valence-corrected chi connectivity index (χ3v) is 8.29. The van der Waals surface area contributed by atoms with Gasteiger partial charge in [-0.25, -0.2) is 4.98 Å². The number of carbonyl (C=O) groups excluding carboxylic acids is 2. The van der Waals surface area contributed by atoms with E-state index < -0.39 is 17.7 Å². The van der Waals surface area contributed by atoms with Crippen molar-refractivity contribution in [1.29, 1.82) is 0 Å². The number of ether oxygens (including phenoxy) is 5. The number of ketones is 1. The van der Waals surface area contributed by atoms with Gasteiger partial charge in [0.15, 0.2) is 28.1 Å². The van der Waals surface area contributed by atoms with Gasteiger partial charge in [0.05, 0.1) is 43.2 Å². The Morgan fingerprint density at radius 3 is 2.31 bits per heavy atom. The van der Waals surface area contributed by atoms with Crippen LogP contribution in [0.4, 0.5) is 5.13 Å². The van der Waals surface area contributed by atoms with Crippen molar-refractivity contribution in [3.63, 3.8) is 0 Å². The lowest BCUT2D eigenvalue weighted by molar-refractivity contribution is -0.132. The molecule has 0 bridgehead atoms. The van der Waals surface area contributed by atoms with Crippen LogP contribution in [0.2, 0.25) is 0 Å². The fraction of sp³-hybridized carbons (Fsp3) is 0.258. The third kappa shape index (κ3) is 4.37. The number of carbonyl (C=O) groups is 2. The van der Waals surface area contributed by atoms with E-state index in [1.807, 2.05) is 26.0 Å². The summed E-state index contributed by atoms with van der Waals surface area (Å²) in [4.78, 5) is 33.7. The van der Waals surface area contributed by atoms with Gasteiger partial charge < -0.3 is 28.8 Å². The largest absolute Gasteiger partial charge is 0.507 e. The average Bonchev–Trinajstić information content (AvgIpc) is 3.53. The summed E-state index contributed by atoms with van der Waals surface area (Å²) in [7, 11) is 4.44. The summed E-state index contributed by atoms with van der Waals surface area (Å²) in [5.41, 5.74) is 3.37. The number of amides is 1. The molecule has 2 aliphatic heterocycles. The van der Waals surface area contributed by atoms with Crippen molar-refractivity contribution in [1.82, 2.24) is 4.98 Å². The van der Waals surface area contributed by atoms with E-state index in [2.05, 4.69) is 0 Å². The predicted molar refractivity (Wildman–Crippen MR) is 157 cm³/mol. The Labute approximate surface area is 245 Å². The fourth-order valence-corrected chi connectivity index (χ4v) is 6.58. The van der Waals surface area contributed by atoms with Crippen LogP contribution in [-0.4, -0.2) is 56.3 Å². The summed E-state index contributed by atoms with van der Waals surface area (Å²) in [5, 5.41) is 12.0. The molecule has 11 heteroatoms. The number of aliphatic hydroxyl groups excluding tert-OH is 1. The Kier molecular flexibility index (Phi) is 6.90. The van der Waals surface area contributed by atoms with Crippen molar-refractivity contribution >= 4 is 44.1 Å². The molecule has 4 aromatic rings. The number of hydrogen-bond donors (Lipinski definition) is 1. The number of benzene rings is 3. The van der Waals surface area contributed by atoms with Gasteiger partial charge in [0.25, 0.3) is 5.78 Å². The molecule has 42 heavy (non-hydrogen) atoms. The normalized spacial score (nSPS) is 17.5. The van der Waals surface area contributed by atoms with E-state index in [0.29, 0.717) is 58.2 Å². The Morgan fingerprint density at radius 1 is 0.952 bits per heavy atom. The summed E-state index contributed by atoms with van der Waals surface area (Å²) in [6.07, 6.45) is 0. The number of rotatable bonds is 6. The highest BCUT2D eigenvalue weighted by atomic mass is 32.1. The SMILES string of the molecule is COc1cc([C@@H]2C(=C(O)c3ccc4c(c3)OCCO4)C(=O)C(=O)N2c2nc3c(C)cc(C)cc3s2)cc(OC)c1OC. The van der Waals surface area contributed by atoms with Gasteiger partial charge in [-0.15, -0.1) is 0 Å². The summed E-state index contributed by atoms with van der Waals surface area (Å²) >= 11 is 1.30. The summed E-state index contributed by atoms with van der Waals surface area (Å²) in [6, 6.07) is 11.1. The molecular weight excluding hydrogens is 560 g/mol. The zero-order valence-corrected chi connectivity index (χ0v) is 24.5. The summed E-state index contributed by atoms with van der Waals surface area (Å²) in [6.45, 7) is 4.70. The van der Waals surface area contributed by atoms with Gasteiger partial charge in [0, 0.05) is 5.56 Å². The van der Waals surface area contributed by atoms with Crippen molar-refractivity contribution in [2.24, 2.45) is 0 Å². The topological polar surface area (TPSA) is 117 Å². The van der Waals surface area contributed by atoms with Crippen molar-refractivity contribution in [2.45, 2.75) is 19.9 Å². The maximum absolute atomic E-state index is 13.8. The molecule has 1 amide bonds. The number of aliphatic hydroxyl groups is 1. The number of Topliss-reactive ketones (excluding diaryl/α,β-unsaturated/α-hetero) is 1. The second kappa shape index (κ2) is 10.6. The van der Waals surface area contributed by atoms with E-state index in [4.69, 9.17) is 28.7 Å². The van der Waals surface area contributed by atoms with Gasteiger partial charge in [0.2, 0.25) is 5.75 Å². The highest BCUT2D eigenvalue weighted by molar-refractivity contribution is 7.22. The van der Waals surface area contributed by atoms with Gasteiger partial charge in [0.1, 0.15) is 19.0 Å². The number of anilines is 1. The van der Waals surface area contributed by atoms with Crippen LogP contribution in [0.1, 0.15) is 28.3 Å². The average molecular weight is 589 g/mol. The monoisotopic (exact) mass is 588 g/mol. The van der Waals surface area contributed by atoms with Gasteiger partial charge in [-0.3, -0.25) is 14.5 Å². The van der Waals surface area contributed by atoms with Crippen LogP contribution >= 0.6 is 11.3 Å². The molecule has 1 aromatic heterocycles. The summed E-state index contributed by atoms with van der Waals surface area (Å²) in [5.74, 6) is -0.0755. The number of hydrogen-bond acceptors (Lipinski definition) is 10. The molecule has 2 aliphatic rings. The van der Waals surface area contributed by atoms with E-state index in [0.717, 1.165) is 21.3 Å². The molecular formula is C31H28N2O8S. The molecule has 3 heterocycles. The van der Waals surface area contributed by atoms with Crippen molar-refractivity contribution in [3.8, 4) is 28.7 Å². The van der Waals surface area contributed by atoms with E-state index >= 15 is 0 Å². The minimum Gasteiger partial charge on any atom is -0.507 e. The molecule has 0 spiro atoms. The zero-order chi connectivity index (χ0) is 29.7. The lowest BCUT2D eigenvalue weighted by Crippen LogP contribution is -2.29. The molecule has 0 radical (unpaired) electrons. The predicted octanol–water partition coefficient (Wildman–Crippen LogP) is 5.34. The first-order valence-corrected chi connectivity index (χ1v) is 14.0. The number of aryl methyl sites for hydroxylation is 2. The first-order chi connectivity index (χ1) is 20.2. The van der Waals surface area contributed by atoms with Gasteiger partial charge in [-0.2, -0.15) is 0 Å². The van der Waals surface area contributed by atoms with Gasteiger partial charge in [-0.05, 0) is 66.9 Å². The van der Waals surface area contributed by atoms with Crippen LogP contribution in [0.5, 0.6) is 28.7 Å². The molecule has 6 rings (SSSR count). The maximum Gasteiger partial charge on any atom is 0.301 e. The highest BCUT2D eigenvalue weighted by Crippen LogP contribution is 2.49. The van der Waals surface area contributed by atoms with Crippen molar-refractivity contribution in [3.05, 3.63) is 70.3 Å². The quantitative estimate of drug-likeness (QED) is 0.181. The Bertz CT molecular complexity index is 1770. The molecule has 1 atom stereocenters. The molecule has 1 fully saturated rings. The fourth-order valence-electron chi connectivity index (χ4n) is 5.41. The first-order valence-electron chi connectivity index (χ1n) is 13.1. The van der Waals surface area contributed by atoms with Gasteiger partial charge in [-0.1, -0.05) is 17.4 Å². The van der Waals surface area contributed by atoms with E-state index in [1.165, 1.54) is 37.6 Å². The molecule has 1 saturated heterocycles. The minimum absolute atomic E-state index is 0.113. The third-order valence-electron chi connectivity index (χ3n) is 7.29. The smallest absolute Gasteiger partial charge is 0.301 e. The standard InChI is InChI=1S/C31H28N2O8S/c1-15-10-16(2)25-23(11-15)42-31(32-25)33-26(18-13-21(37-3)29(39-5)22(14-18)38-4)24(28(35)30(33)36)27(34)17-6-7-19-20(12-17)41-9-8-40-19/h6-7,10-14,26,34H,8-9H2,1-5H3/t26-/m1/s1. The van der Waals surface area contributed by atoms with Crippen molar-refractivity contribution in [2.75, 3.05) is 39.4 Å². The Balaban J connectivity index is 1.60. The van der Waals surface area contributed by atoms with E-state index in [9.17, 15) is 14.7 Å². The molecule has 0 saturated carbocycles. The summed E-state index contributed by atoms with van der Waals surface area (Å²) < 4.78 is 28.8.